The van der Waals surface area contributed by atoms with Crippen LogP contribution in [0.5, 0.6) is 0 Å². The maximum absolute atomic E-state index is 13.3. The van der Waals surface area contributed by atoms with E-state index in [0.29, 0.717) is 19.3 Å². The molecule has 0 bridgehead atoms. The number of carbonyl (C=O) groups excluding carboxylic acids is 3. The van der Waals surface area contributed by atoms with E-state index in [1.54, 1.807) is 12.2 Å². The Morgan fingerprint density at radius 1 is 0.667 bits per heavy atom. The van der Waals surface area contributed by atoms with Crippen molar-refractivity contribution in [2.24, 2.45) is 16.7 Å². The van der Waals surface area contributed by atoms with Crippen LogP contribution in [0, 0.1) is 16.7 Å². The predicted molar refractivity (Wildman–Crippen MR) is 254 cm³/mol. The van der Waals surface area contributed by atoms with Gasteiger partial charge in [-0.05, 0) is 72.3 Å². The first-order valence-corrected chi connectivity index (χ1v) is 22.9. The van der Waals surface area contributed by atoms with Gasteiger partial charge in [-0.2, -0.15) is 0 Å². The topological polar surface area (TPSA) is 101 Å². The van der Waals surface area contributed by atoms with Crippen LogP contribution in [-0.2, 0) is 19.1 Å². The molecule has 336 valence electrons. The standard InChI is InChI=1S/C54H84O6/c1-12-13-14-15-16-17-18-19-20-21-22-33-51(58)60-48(38-46(6)55)41-53(9,10)50(57)37-35-45(5)32-26-30-43(3)28-24-23-27-42(2)29-25-31-44(4)34-36-49-52(7,8)39-47(56)40-54(49,11)59/h23-32,34-37,47-49,56,59H,12-22,33,38-41H2,1-11H3/b24-23+,29-25+,30-26+,36-34+,37-35+,42-27+,43-28+,44-31+,45-32+/t47-,48+,49?,54+/m0/s1. The van der Waals surface area contributed by atoms with E-state index < -0.39 is 23.2 Å². The fourth-order valence-electron chi connectivity index (χ4n) is 8.07. The summed E-state index contributed by atoms with van der Waals surface area (Å²) >= 11 is 0. The number of esters is 1. The zero-order chi connectivity index (χ0) is 45.2. The van der Waals surface area contributed by atoms with Gasteiger partial charge in [0.1, 0.15) is 11.9 Å². The molecule has 1 unspecified atom stereocenters. The highest BCUT2D eigenvalue weighted by atomic mass is 16.5. The molecule has 0 radical (unpaired) electrons. The molecule has 0 aromatic rings. The number of Topliss-reactive ketones (excluding diaryl/α,β-unsaturated/α-hetero) is 1. The first-order chi connectivity index (χ1) is 28.2. The smallest absolute Gasteiger partial charge is 0.306 e. The third-order valence-electron chi connectivity index (χ3n) is 11.4. The monoisotopic (exact) mass is 829 g/mol. The van der Waals surface area contributed by atoms with Crippen molar-refractivity contribution < 1.29 is 29.3 Å². The van der Waals surface area contributed by atoms with E-state index in [0.717, 1.165) is 41.6 Å². The average Bonchev–Trinajstić information content (AvgIpc) is 3.13. The average molecular weight is 829 g/mol. The maximum atomic E-state index is 13.3. The van der Waals surface area contributed by atoms with Crippen LogP contribution in [0.4, 0.5) is 0 Å². The molecule has 0 amide bonds. The summed E-state index contributed by atoms with van der Waals surface area (Å²) in [5.74, 6) is -0.463. The number of carbonyl (C=O) groups is 3. The molecule has 6 heteroatoms. The first kappa shape index (κ1) is 54.4. The summed E-state index contributed by atoms with van der Waals surface area (Å²) in [7, 11) is 0. The molecule has 2 N–H and O–H groups in total. The maximum Gasteiger partial charge on any atom is 0.306 e. The minimum Gasteiger partial charge on any atom is -0.462 e. The quantitative estimate of drug-likeness (QED) is 0.0353. The van der Waals surface area contributed by atoms with Crippen LogP contribution in [0.3, 0.4) is 0 Å². The van der Waals surface area contributed by atoms with E-state index in [1.165, 1.54) is 58.3 Å². The molecule has 1 aliphatic carbocycles. The Bertz CT molecular complexity index is 1580. The van der Waals surface area contributed by atoms with Gasteiger partial charge >= 0.3 is 5.97 Å². The van der Waals surface area contributed by atoms with Crippen LogP contribution in [0.1, 0.15) is 179 Å². The highest BCUT2D eigenvalue weighted by Gasteiger charge is 2.47. The predicted octanol–water partition coefficient (Wildman–Crippen LogP) is 13.7. The number of ketones is 2. The van der Waals surface area contributed by atoms with Crippen molar-refractivity contribution in [3.63, 3.8) is 0 Å². The van der Waals surface area contributed by atoms with Crippen LogP contribution in [-0.4, -0.2) is 45.6 Å². The second-order valence-corrected chi connectivity index (χ2v) is 19.1. The van der Waals surface area contributed by atoms with Crippen LogP contribution >= 0.6 is 0 Å². The molecule has 0 aromatic heterocycles. The van der Waals surface area contributed by atoms with E-state index >= 15 is 0 Å². The third-order valence-corrected chi connectivity index (χ3v) is 11.4. The van der Waals surface area contributed by atoms with E-state index in [-0.39, 0.29) is 41.7 Å². The normalized spacial score (nSPS) is 21.6. The van der Waals surface area contributed by atoms with E-state index in [1.807, 2.05) is 84.1 Å². The third kappa shape index (κ3) is 24.6. The summed E-state index contributed by atoms with van der Waals surface area (Å²) in [6.45, 7) is 21.5. The number of unbranched alkanes of at least 4 members (excludes halogenated alkanes) is 10. The Morgan fingerprint density at radius 3 is 1.63 bits per heavy atom. The zero-order valence-electron chi connectivity index (χ0n) is 39.7. The molecule has 0 saturated heterocycles. The molecule has 1 saturated carbocycles. The summed E-state index contributed by atoms with van der Waals surface area (Å²) < 4.78 is 5.76. The van der Waals surface area contributed by atoms with Gasteiger partial charge in [0.25, 0.3) is 0 Å². The molecule has 1 aliphatic rings. The lowest BCUT2D eigenvalue weighted by Gasteiger charge is -2.48. The first-order valence-electron chi connectivity index (χ1n) is 22.9. The highest BCUT2D eigenvalue weighted by molar-refractivity contribution is 5.94. The van der Waals surface area contributed by atoms with Gasteiger partial charge < -0.3 is 14.9 Å². The molecule has 6 nitrogen and oxygen atoms in total. The molecule has 0 aliphatic heterocycles. The minimum atomic E-state index is -0.939. The Balaban J connectivity index is 2.61. The largest absolute Gasteiger partial charge is 0.462 e. The molecule has 4 atom stereocenters. The molecule has 0 spiro atoms. The number of rotatable bonds is 28. The van der Waals surface area contributed by atoms with Gasteiger partial charge in [0.05, 0.1) is 11.7 Å². The van der Waals surface area contributed by atoms with E-state index in [4.69, 9.17) is 4.74 Å². The SMILES string of the molecule is CCCCCCCCCCCCCC(=O)O[C@H](CC(C)=O)CC(C)(C)C(=O)/C=C/C(C)=C/C=C/C(C)=C/C=C/C=C(C)/C=C/C=C(C)/C=C/C1C(C)(C)C[C@H](O)C[C@@]1(C)O. The highest BCUT2D eigenvalue weighted by Crippen LogP contribution is 2.47. The minimum absolute atomic E-state index is 0.0384. The van der Waals surface area contributed by atoms with E-state index in [2.05, 4.69) is 58.1 Å². The van der Waals surface area contributed by atoms with Gasteiger partial charge in [0.2, 0.25) is 0 Å². The van der Waals surface area contributed by atoms with Crippen LogP contribution < -0.4 is 0 Å². The van der Waals surface area contributed by atoms with Crippen molar-refractivity contribution in [1.82, 2.24) is 0 Å². The van der Waals surface area contributed by atoms with Crippen molar-refractivity contribution in [2.75, 3.05) is 0 Å². The van der Waals surface area contributed by atoms with Gasteiger partial charge in [-0.1, -0.05) is 200 Å². The number of aliphatic hydroxyl groups is 2. The van der Waals surface area contributed by atoms with Crippen LogP contribution in [0.25, 0.3) is 0 Å². The summed E-state index contributed by atoms with van der Waals surface area (Å²) in [6.07, 6.45) is 41.7. The van der Waals surface area contributed by atoms with Crippen LogP contribution in [0.2, 0.25) is 0 Å². The summed E-state index contributed by atoms with van der Waals surface area (Å²) in [6, 6.07) is 0. The zero-order valence-corrected chi connectivity index (χ0v) is 39.7. The number of hydrogen-bond donors (Lipinski definition) is 2. The second-order valence-electron chi connectivity index (χ2n) is 19.1. The van der Waals surface area contributed by atoms with Crippen molar-refractivity contribution in [1.29, 1.82) is 0 Å². The molecule has 1 fully saturated rings. The van der Waals surface area contributed by atoms with Gasteiger partial charge in [0, 0.05) is 30.6 Å². The Kier molecular flexibility index (Phi) is 26.1. The van der Waals surface area contributed by atoms with Crippen molar-refractivity contribution in [3.05, 3.63) is 107 Å². The molecule has 0 aromatic carbocycles. The van der Waals surface area contributed by atoms with Crippen molar-refractivity contribution in [3.8, 4) is 0 Å². The number of allylic oxidation sites excluding steroid dienone is 17. The Hall–Kier alpha value is -3.61. The molecule has 0 heterocycles. The molecule has 60 heavy (non-hydrogen) atoms. The van der Waals surface area contributed by atoms with Gasteiger partial charge in [-0.25, -0.2) is 0 Å². The Morgan fingerprint density at radius 2 is 1.13 bits per heavy atom. The fourth-order valence-corrected chi connectivity index (χ4v) is 8.07. The Labute approximate surface area is 366 Å². The summed E-state index contributed by atoms with van der Waals surface area (Å²) in [4.78, 5) is 38.0. The summed E-state index contributed by atoms with van der Waals surface area (Å²) in [5.41, 5.74) is 2.27. The van der Waals surface area contributed by atoms with Gasteiger partial charge in [-0.15, -0.1) is 0 Å². The van der Waals surface area contributed by atoms with Gasteiger partial charge in [-0.3, -0.25) is 14.4 Å². The van der Waals surface area contributed by atoms with Crippen molar-refractivity contribution in [2.45, 2.75) is 197 Å². The summed E-state index contributed by atoms with van der Waals surface area (Å²) in [5, 5.41) is 21.2. The fraction of sp³-hybridized carbons (Fsp3) is 0.611. The lowest BCUT2D eigenvalue weighted by molar-refractivity contribution is -0.152. The number of ether oxygens (including phenoxy) is 1. The van der Waals surface area contributed by atoms with Crippen LogP contribution in [0.15, 0.2) is 107 Å². The lowest BCUT2D eigenvalue weighted by Crippen LogP contribution is -2.50. The molecule has 1 rings (SSSR count). The number of hydrogen-bond acceptors (Lipinski definition) is 6. The molecular weight excluding hydrogens is 745 g/mol. The lowest BCUT2D eigenvalue weighted by atomic mass is 9.61. The number of aliphatic hydroxyl groups excluding tert-OH is 1. The van der Waals surface area contributed by atoms with E-state index in [9.17, 15) is 24.6 Å². The molecular formula is C54H84O6. The van der Waals surface area contributed by atoms with Crippen molar-refractivity contribution >= 4 is 17.5 Å². The second kappa shape index (κ2) is 28.8. The van der Waals surface area contributed by atoms with Gasteiger partial charge in [0.15, 0.2) is 5.78 Å².